The van der Waals surface area contributed by atoms with Crippen LogP contribution in [0.5, 0.6) is 0 Å². The van der Waals surface area contributed by atoms with Crippen molar-refractivity contribution >= 4 is 11.9 Å². The second-order valence-corrected chi connectivity index (χ2v) is 6.24. The number of carbonyl (C=O) groups excluding carboxylic acids is 1. The number of aliphatic carboxylic acids is 1. The van der Waals surface area contributed by atoms with Crippen LogP contribution in [0.25, 0.3) is 5.69 Å². The van der Waals surface area contributed by atoms with Gasteiger partial charge in [0.25, 0.3) is 5.91 Å². The molecular weight excluding hydrogens is 351 g/mol. The summed E-state index contributed by atoms with van der Waals surface area (Å²) in [5.41, 5.74) is -0.626. The fourth-order valence-corrected chi connectivity index (χ4v) is 2.56. The smallest absolute Gasteiger partial charge is 0.435 e. The number of rotatable bonds is 6. The van der Waals surface area contributed by atoms with Gasteiger partial charge in [-0.1, -0.05) is 18.9 Å². The number of nitrogens with zero attached hydrogens (tertiary/aromatic N) is 2. The van der Waals surface area contributed by atoms with Crippen molar-refractivity contribution in [3.8, 4) is 5.69 Å². The van der Waals surface area contributed by atoms with Crippen LogP contribution in [-0.2, 0) is 11.0 Å². The SMILES string of the molecule is O=C(NC(CC1CC1)C(=O)O)c1cccc(-n2ccc(C(F)(F)F)n2)c1. The van der Waals surface area contributed by atoms with E-state index in [0.29, 0.717) is 12.3 Å². The summed E-state index contributed by atoms with van der Waals surface area (Å²) >= 11 is 0. The molecule has 2 N–H and O–H groups in total. The molecule has 1 heterocycles. The molecule has 1 aromatic heterocycles. The van der Waals surface area contributed by atoms with E-state index < -0.39 is 29.8 Å². The number of hydrogen-bond donors (Lipinski definition) is 2. The molecule has 0 aliphatic heterocycles. The molecule has 1 aliphatic rings. The molecule has 1 saturated carbocycles. The first-order valence-electron chi connectivity index (χ1n) is 8.01. The second-order valence-electron chi connectivity index (χ2n) is 6.24. The molecule has 6 nitrogen and oxygen atoms in total. The predicted molar refractivity (Wildman–Crippen MR) is 84.8 cm³/mol. The highest BCUT2D eigenvalue weighted by molar-refractivity contribution is 5.97. The van der Waals surface area contributed by atoms with E-state index in [1.54, 1.807) is 0 Å². The average molecular weight is 367 g/mol. The fourth-order valence-electron chi connectivity index (χ4n) is 2.56. The van der Waals surface area contributed by atoms with Crippen LogP contribution in [0.2, 0.25) is 0 Å². The zero-order chi connectivity index (χ0) is 18.9. The third-order valence-electron chi connectivity index (χ3n) is 4.12. The zero-order valence-corrected chi connectivity index (χ0v) is 13.5. The molecule has 26 heavy (non-hydrogen) atoms. The Labute approximate surface area is 146 Å². The number of carboxylic acid groups (broad SMARTS) is 1. The van der Waals surface area contributed by atoms with Crippen LogP contribution in [0.4, 0.5) is 13.2 Å². The molecule has 0 bridgehead atoms. The minimum absolute atomic E-state index is 0.147. The quantitative estimate of drug-likeness (QED) is 0.822. The number of benzene rings is 1. The molecule has 1 aliphatic carbocycles. The number of nitrogens with one attached hydrogen (secondary N) is 1. The van der Waals surface area contributed by atoms with Gasteiger partial charge in [-0.2, -0.15) is 18.3 Å². The first kappa shape index (κ1) is 18.0. The van der Waals surface area contributed by atoms with Gasteiger partial charge in [-0.25, -0.2) is 9.48 Å². The first-order chi connectivity index (χ1) is 12.2. The molecule has 1 unspecified atom stereocenters. The Hall–Kier alpha value is -2.84. The van der Waals surface area contributed by atoms with E-state index >= 15 is 0 Å². The topological polar surface area (TPSA) is 84.2 Å². The predicted octanol–water partition coefficient (Wildman–Crippen LogP) is 2.87. The highest BCUT2D eigenvalue weighted by atomic mass is 19.4. The largest absolute Gasteiger partial charge is 0.480 e. The van der Waals surface area contributed by atoms with E-state index in [1.165, 1.54) is 24.3 Å². The number of halogens is 3. The van der Waals surface area contributed by atoms with Crippen molar-refractivity contribution in [1.82, 2.24) is 15.1 Å². The summed E-state index contributed by atoms with van der Waals surface area (Å²) in [6.45, 7) is 0. The highest BCUT2D eigenvalue weighted by Gasteiger charge is 2.34. The van der Waals surface area contributed by atoms with Crippen molar-refractivity contribution in [2.24, 2.45) is 5.92 Å². The molecule has 1 atom stereocenters. The van der Waals surface area contributed by atoms with Crippen LogP contribution in [0, 0.1) is 5.92 Å². The molecule has 3 rings (SSSR count). The maximum atomic E-state index is 12.7. The number of amides is 1. The third-order valence-corrected chi connectivity index (χ3v) is 4.12. The normalized spacial score (nSPS) is 15.5. The Bertz CT molecular complexity index is 828. The molecule has 1 fully saturated rings. The van der Waals surface area contributed by atoms with E-state index in [2.05, 4.69) is 10.4 Å². The van der Waals surface area contributed by atoms with Crippen LogP contribution in [0.15, 0.2) is 36.5 Å². The minimum atomic E-state index is -4.56. The number of carbonyl (C=O) groups is 2. The fraction of sp³-hybridized carbons (Fsp3) is 0.353. The standard InChI is InChI=1S/C17H16F3N3O3/c18-17(19,20)14-6-7-23(22-14)12-3-1-2-11(9-12)15(24)21-13(16(25)26)8-10-4-5-10/h1-3,6-7,9-10,13H,4-5,8H2,(H,21,24)(H,25,26). The minimum Gasteiger partial charge on any atom is -0.480 e. The Morgan fingerprint density at radius 1 is 1.31 bits per heavy atom. The van der Waals surface area contributed by atoms with Gasteiger partial charge in [-0.15, -0.1) is 0 Å². The molecule has 0 spiro atoms. The lowest BCUT2D eigenvalue weighted by Crippen LogP contribution is -2.41. The number of carboxylic acids is 1. The van der Waals surface area contributed by atoms with Crippen LogP contribution in [0.3, 0.4) is 0 Å². The molecule has 0 saturated heterocycles. The number of aromatic nitrogens is 2. The van der Waals surface area contributed by atoms with E-state index in [4.69, 9.17) is 0 Å². The number of hydrogen-bond acceptors (Lipinski definition) is 3. The third kappa shape index (κ3) is 4.22. The van der Waals surface area contributed by atoms with Gasteiger partial charge in [0.2, 0.25) is 0 Å². The van der Waals surface area contributed by atoms with Crippen LogP contribution in [-0.4, -0.2) is 32.8 Å². The van der Waals surface area contributed by atoms with Crippen LogP contribution >= 0.6 is 0 Å². The summed E-state index contributed by atoms with van der Waals surface area (Å²) in [5, 5.41) is 15.1. The summed E-state index contributed by atoms with van der Waals surface area (Å²) in [5.74, 6) is -1.39. The summed E-state index contributed by atoms with van der Waals surface area (Å²) in [4.78, 5) is 23.6. The van der Waals surface area contributed by atoms with E-state index in [1.807, 2.05) is 0 Å². The summed E-state index contributed by atoms with van der Waals surface area (Å²) in [7, 11) is 0. The lowest BCUT2D eigenvalue weighted by molar-refractivity contribution is -0.141. The van der Waals surface area contributed by atoms with Gasteiger partial charge in [0.1, 0.15) is 6.04 Å². The maximum Gasteiger partial charge on any atom is 0.435 e. The Morgan fingerprint density at radius 2 is 2.04 bits per heavy atom. The van der Waals surface area contributed by atoms with Crippen molar-refractivity contribution < 1.29 is 27.9 Å². The molecule has 0 radical (unpaired) electrons. The second kappa shape index (κ2) is 6.81. The Balaban J connectivity index is 1.76. The summed E-state index contributed by atoms with van der Waals surface area (Å²) in [6, 6.07) is 5.67. The van der Waals surface area contributed by atoms with Crippen molar-refractivity contribution in [1.29, 1.82) is 0 Å². The zero-order valence-electron chi connectivity index (χ0n) is 13.5. The highest BCUT2D eigenvalue weighted by Crippen LogP contribution is 2.33. The van der Waals surface area contributed by atoms with Crippen molar-refractivity contribution in [3.05, 3.63) is 47.8 Å². The van der Waals surface area contributed by atoms with Crippen molar-refractivity contribution in [2.75, 3.05) is 0 Å². The van der Waals surface area contributed by atoms with Gasteiger partial charge in [0.15, 0.2) is 5.69 Å². The lowest BCUT2D eigenvalue weighted by atomic mass is 10.1. The first-order valence-corrected chi connectivity index (χ1v) is 8.01. The monoisotopic (exact) mass is 367 g/mol. The van der Waals surface area contributed by atoms with Gasteiger partial charge in [0.05, 0.1) is 5.69 Å². The maximum absolute atomic E-state index is 12.7. The van der Waals surface area contributed by atoms with Gasteiger partial charge in [-0.3, -0.25) is 4.79 Å². The number of alkyl halides is 3. The van der Waals surface area contributed by atoms with E-state index in [0.717, 1.165) is 29.8 Å². The van der Waals surface area contributed by atoms with Crippen molar-refractivity contribution in [3.63, 3.8) is 0 Å². The Morgan fingerprint density at radius 3 is 2.62 bits per heavy atom. The van der Waals surface area contributed by atoms with Crippen LogP contribution < -0.4 is 5.32 Å². The lowest BCUT2D eigenvalue weighted by Gasteiger charge is -2.14. The van der Waals surface area contributed by atoms with Gasteiger partial charge >= 0.3 is 12.1 Å². The molecule has 9 heteroatoms. The van der Waals surface area contributed by atoms with Gasteiger partial charge in [-0.05, 0) is 36.6 Å². The molecule has 138 valence electrons. The summed E-state index contributed by atoms with van der Waals surface area (Å²) < 4.78 is 39.0. The Kier molecular flexibility index (Phi) is 4.71. The van der Waals surface area contributed by atoms with E-state index in [-0.39, 0.29) is 11.3 Å². The van der Waals surface area contributed by atoms with Gasteiger partial charge in [0, 0.05) is 11.8 Å². The van der Waals surface area contributed by atoms with Crippen LogP contribution in [0.1, 0.15) is 35.3 Å². The van der Waals surface area contributed by atoms with Gasteiger partial charge < -0.3 is 10.4 Å². The molecule has 1 aromatic carbocycles. The molecular formula is C17H16F3N3O3. The van der Waals surface area contributed by atoms with Crippen molar-refractivity contribution in [2.45, 2.75) is 31.5 Å². The summed E-state index contributed by atoms with van der Waals surface area (Å²) in [6.07, 6.45) is -1.13. The molecule has 2 aromatic rings. The molecule has 1 amide bonds. The average Bonchev–Trinajstić information content (AvgIpc) is 3.24. The van der Waals surface area contributed by atoms with E-state index in [9.17, 15) is 27.9 Å².